The molecule has 0 saturated heterocycles. The Kier molecular flexibility index (Phi) is 4.49. The first kappa shape index (κ1) is 16.8. The van der Waals surface area contributed by atoms with Crippen molar-refractivity contribution in [1.29, 1.82) is 0 Å². The highest BCUT2D eigenvalue weighted by Crippen LogP contribution is 2.25. The summed E-state index contributed by atoms with van der Waals surface area (Å²) in [5.41, 5.74) is 2.15. The van der Waals surface area contributed by atoms with Crippen LogP contribution in [0.2, 0.25) is 10.0 Å². The molecule has 0 N–H and O–H groups in total. The van der Waals surface area contributed by atoms with Gasteiger partial charge in [0.2, 0.25) is 0 Å². The standard InChI is InChI=1S/C21H14Cl2N2O/c22-18-6-3-7-19(23)17(18)13-25-21(26)11-10-20(24-25)16-9-8-14-4-1-2-5-15(14)12-16/h1-12H,13H2. The third-order valence-corrected chi connectivity index (χ3v) is 4.99. The highest BCUT2D eigenvalue weighted by Gasteiger charge is 2.10. The fourth-order valence-corrected chi connectivity index (χ4v) is 3.41. The zero-order valence-electron chi connectivity index (χ0n) is 13.7. The molecule has 0 bridgehead atoms. The molecule has 3 nitrogen and oxygen atoms in total. The van der Waals surface area contributed by atoms with Crippen molar-refractivity contribution in [1.82, 2.24) is 9.78 Å². The van der Waals surface area contributed by atoms with Crippen molar-refractivity contribution in [3.8, 4) is 11.3 Å². The van der Waals surface area contributed by atoms with Crippen LogP contribution < -0.4 is 5.56 Å². The first-order valence-electron chi connectivity index (χ1n) is 8.12. The van der Waals surface area contributed by atoms with E-state index < -0.39 is 0 Å². The van der Waals surface area contributed by atoms with Crippen LogP contribution in [0.4, 0.5) is 0 Å². The van der Waals surface area contributed by atoms with Crippen LogP contribution in [-0.4, -0.2) is 9.78 Å². The van der Waals surface area contributed by atoms with E-state index in [0.717, 1.165) is 22.0 Å². The second kappa shape index (κ2) is 6.94. The number of nitrogens with zero attached hydrogens (tertiary/aromatic N) is 2. The average Bonchev–Trinajstić information content (AvgIpc) is 2.66. The van der Waals surface area contributed by atoms with Gasteiger partial charge in [0, 0.05) is 27.2 Å². The maximum absolute atomic E-state index is 12.3. The van der Waals surface area contributed by atoms with Crippen molar-refractivity contribution >= 4 is 34.0 Å². The second-order valence-electron chi connectivity index (χ2n) is 5.98. The van der Waals surface area contributed by atoms with E-state index in [9.17, 15) is 4.79 Å². The van der Waals surface area contributed by atoms with E-state index in [2.05, 4.69) is 23.3 Å². The summed E-state index contributed by atoms with van der Waals surface area (Å²) in [5, 5.41) is 7.83. The zero-order valence-corrected chi connectivity index (χ0v) is 15.2. The second-order valence-corrected chi connectivity index (χ2v) is 6.79. The lowest BCUT2D eigenvalue weighted by Gasteiger charge is -2.10. The summed E-state index contributed by atoms with van der Waals surface area (Å²) < 4.78 is 1.39. The Bertz CT molecular complexity index is 1150. The number of benzene rings is 3. The van der Waals surface area contributed by atoms with E-state index >= 15 is 0 Å². The van der Waals surface area contributed by atoms with Crippen LogP contribution in [-0.2, 0) is 6.54 Å². The van der Waals surface area contributed by atoms with Crippen molar-refractivity contribution in [2.75, 3.05) is 0 Å². The minimum absolute atomic E-state index is 0.203. The number of hydrogen-bond donors (Lipinski definition) is 0. The van der Waals surface area contributed by atoms with Gasteiger partial charge in [0.25, 0.3) is 5.56 Å². The maximum atomic E-state index is 12.3. The summed E-state index contributed by atoms with van der Waals surface area (Å²) in [6.45, 7) is 0.221. The summed E-state index contributed by atoms with van der Waals surface area (Å²) in [6, 6.07) is 22.8. The number of aromatic nitrogens is 2. The van der Waals surface area contributed by atoms with Gasteiger partial charge in [-0.2, -0.15) is 5.10 Å². The molecule has 0 amide bonds. The van der Waals surface area contributed by atoms with Gasteiger partial charge >= 0.3 is 0 Å². The van der Waals surface area contributed by atoms with Crippen LogP contribution in [0.5, 0.6) is 0 Å². The van der Waals surface area contributed by atoms with Gasteiger partial charge in [-0.15, -0.1) is 0 Å². The minimum atomic E-state index is -0.203. The highest BCUT2D eigenvalue weighted by atomic mass is 35.5. The van der Waals surface area contributed by atoms with E-state index in [4.69, 9.17) is 23.2 Å². The Labute approximate surface area is 160 Å². The molecule has 1 heterocycles. The molecular formula is C21H14Cl2N2O. The summed E-state index contributed by atoms with van der Waals surface area (Å²) in [7, 11) is 0. The van der Waals surface area contributed by atoms with Crippen molar-refractivity contribution in [2.45, 2.75) is 6.54 Å². The molecule has 4 aromatic rings. The molecule has 0 atom stereocenters. The van der Waals surface area contributed by atoms with Crippen molar-refractivity contribution < 1.29 is 0 Å². The summed E-state index contributed by atoms with van der Waals surface area (Å²) in [5.74, 6) is 0. The van der Waals surface area contributed by atoms with E-state index in [1.165, 1.54) is 10.7 Å². The molecule has 0 radical (unpaired) electrons. The fraction of sp³-hybridized carbons (Fsp3) is 0.0476. The van der Waals surface area contributed by atoms with E-state index in [-0.39, 0.29) is 12.1 Å². The maximum Gasteiger partial charge on any atom is 0.267 e. The van der Waals surface area contributed by atoms with Gasteiger partial charge in [0.15, 0.2) is 0 Å². The third-order valence-electron chi connectivity index (χ3n) is 4.28. The Balaban J connectivity index is 1.77. The van der Waals surface area contributed by atoms with E-state index in [1.807, 2.05) is 24.3 Å². The first-order valence-corrected chi connectivity index (χ1v) is 8.88. The SMILES string of the molecule is O=c1ccc(-c2ccc3ccccc3c2)nn1Cc1c(Cl)cccc1Cl. The lowest BCUT2D eigenvalue weighted by atomic mass is 10.1. The zero-order chi connectivity index (χ0) is 18.1. The molecule has 0 unspecified atom stereocenters. The topological polar surface area (TPSA) is 34.9 Å². The predicted molar refractivity (Wildman–Crippen MR) is 107 cm³/mol. The molecule has 0 aliphatic heterocycles. The van der Waals surface area contributed by atoms with Gasteiger partial charge < -0.3 is 0 Å². The third kappa shape index (κ3) is 3.24. The monoisotopic (exact) mass is 380 g/mol. The van der Waals surface area contributed by atoms with E-state index in [1.54, 1.807) is 24.3 Å². The number of rotatable bonds is 3. The van der Waals surface area contributed by atoms with Gasteiger partial charge in [-0.25, -0.2) is 4.68 Å². The van der Waals surface area contributed by atoms with Crippen LogP contribution in [0.15, 0.2) is 77.6 Å². The Morgan fingerprint density at radius 3 is 2.31 bits per heavy atom. The normalized spacial score (nSPS) is 11.0. The molecular weight excluding hydrogens is 367 g/mol. The molecule has 26 heavy (non-hydrogen) atoms. The Hall–Kier alpha value is -2.62. The van der Waals surface area contributed by atoms with Crippen LogP contribution in [0.3, 0.4) is 0 Å². The van der Waals surface area contributed by atoms with Gasteiger partial charge in [0.1, 0.15) is 0 Å². The molecule has 0 aliphatic carbocycles. The minimum Gasteiger partial charge on any atom is -0.268 e. The molecule has 3 aromatic carbocycles. The number of halogens is 2. The van der Waals surface area contributed by atoms with Crippen molar-refractivity contribution in [3.05, 3.63) is 98.8 Å². The van der Waals surface area contributed by atoms with Gasteiger partial charge in [0.05, 0.1) is 12.2 Å². The van der Waals surface area contributed by atoms with Gasteiger partial charge in [-0.05, 0) is 35.0 Å². The predicted octanol–water partition coefficient (Wildman–Crippen LogP) is 5.42. The molecule has 0 fully saturated rings. The quantitative estimate of drug-likeness (QED) is 0.475. The molecule has 0 spiro atoms. The summed E-state index contributed by atoms with van der Waals surface area (Å²) in [6.07, 6.45) is 0. The van der Waals surface area contributed by atoms with Crippen LogP contribution in [0.1, 0.15) is 5.56 Å². The molecule has 4 rings (SSSR count). The van der Waals surface area contributed by atoms with Crippen molar-refractivity contribution in [3.63, 3.8) is 0 Å². The molecule has 1 aromatic heterocycles. The highest BCUT2D eigenvalue weighted by molar-refractivity contribution is 6.35. The van der Waals surface area contributed by atoms with Crippen molar-refractivity contribution in [2.24, 2.45) is 0 Å². The lowest BCUT2D eigenvalue weighted by molar-refractivity contribution is 0.643. The molecule has 0 saturated carbocycles. The summed E-state index contributed by atoms with van der Waals surface area (Å²) in [4.78, 5) is 12.3. The number of fused-ring (bicyclic) bond motifs is 1. The fourth-order valence-electron chi connectivity index (χ4n) is 2.90. The summed E-state index contributed by atoms with van der Waals surface area (Å²) >= 11 is 12.5. The van der Waals surface area contributed by atoms with Crippen LogP contribution >= 0.6 is 23.2 Å². The molecule has 0 aliphatic rings. The lowest BCUT2D eigenvalue weighted by Crippen LogP contribution is -2.23. The van der Waals surface area contributed by atoms with Crippen LogP contribution in [0.25, 0.3) is 22.0 Å². The average molecular weight is 381 g/mol. The Morgan fingerprint density at radius 1 is 0.808 bits per heavy atom. The largest absolute Gasteiger partial charge is 0.268 e. The molecule has 5 heteroatoms. The van der Waals surface area contributed by atoms with Crippen LogP contribution in [0, 0.1) is 0 Å². The number of hydrogen-bond acceptors (Lipinski definition) is 2. The first-order chi connectivity index (χ1) is 12.6. The van der Waals surface area contributed by atoms with Gasteiger partial charge in [-0.3, -0.25) is 4.79 Å². The van der Waals surface area contributed by atoms with Gasteiger partial charge in [-0.1, -0.05) is 65.7 Å². The Morgan fingerprint density at radius 2 is 1.54 bits per heavy atom. The van der Waals surface area contributed by atoms with E-state index in [0.29, 0.717) is 15.6 Å². The smallest absolute Gasteiger partial charge is 0.267 e. The molecule has 128 valence electrons.